The van der Waals surface area contributed by atoms with Gasteiger partial charge in [0.15, 0.2) is 11.5 Å². The molecule has 1 aliphatic rings. The first-order chi connectivity index (χ1) is 15.5. The molecule has 0 N–H and O–H groups in total. The van der Waals surface area contributed by atoms with Crippen LogP contribution in [-0.4, -0.2) is 37.7 Å². The van der Waals surface area contributed by atoms with Crippen LogP contribution in [0.4, 0.5) is 0 Å². The summed E-state index contributed by atoms with van der Waals surface area (Å²) in [5.41, 5.74) is 1.92. The Bertz CT molecular complexity index is 1110. The smallest absolute Gasteiger partial charge is 0.266 e. The van der Waals surface area contributed by atoms with Crippen LogP contribution in [0, 0.1) is 0 Å². The molecule has 1 saturated heterocycles. The van der Waals surface area contributed by atoms with Crippen LogP contribution in [-0.2, 0) is 11.2 Å². The minimum absolute atomic E-state index is 0.0644. The number of halogens is 2. The Morgan fingerprint density at radius 3 is 2.31 bits per heavy atom. The normalized spacial score (nSPS) is 17.6. The molecule has 0 bridgehead atoms. The Hall–Kier alpha value is -2.89. The monoisotopic (exact) mass is 471 g/mol. The molecule has 0 spiro atoms. The Morgan fingerprint density at radius 1 is 0.875 bits per heavy atom. The molecule has 5 nitrogen and oxygen atoms in total. The molecule has 1 heterocycles. The number of amides is 1. The Kier molecular flexibility index (Phi) is 6.77. The summed E-state index contributed by atoms with van der Waals surface area (Å²) in [7, 11) is 3.21. The fourth-order valence-electron chi connectivity index (χ4n) is 3.86. The molecule has 0 radical (unpaired) electrons. The van der Waals surface area contributed by atoms with E-state index >= 15 is 0 Å². The highest BCUT2D eigenvalue weighted by Gasteiger charge is 2.49. The molecule has 0 saturated carbocycles. The maximum Gasteiger partial charge on any atom is 0.266 e. The number of carbonyl (C=O) groups excluding carboxylic acids is 1. The van der Waals surface area contributed by atoms with Crippen molar-refractivity contribution >= 4 is 29.1 Å². The van der Waals surface area contributed by atoms with Crippen LogP contribution < -0.4 is 14.2 Å². The molecular formula is C25H23Cl2NO4. The zero-order valence-corrected chi connectivity index (χ0v) is 19.3. The highest BCUT2D eigenvalue weighted by atomic mass is 35.5. The van der Waals surface area contributed by atoms with E-state index in [9.17, 15) is 4.79 Å². The minimum atomic E-state index is -0.625. The summed E-state index contributed by atoms with van der Waals surface area (Å²) < 4.78 is 16.7. The third-order valence-corrected chi connectivity index (χ3v) is 6.27. The SMILES string of the molecule is COc1ccc(CCN2C(=O)C(Oc3ccccc3)C2c2ccc(Cl)c(Cl)c2)cc1OC. The van der Waals surface area contributed by atoms with Gasteiger partial charge in [-0.2, -0.15) is 0 Å². The lowest BCUT2D eigenvalue weighted by Gasteiger charge is -2.47. The quantitative estimate of drug-likeness (QED) is 0.402. The molecule has 1 amide bonds. The summed E-state index contributed by atoms with van der Waals surface area (Å²) in [6.07, 6.45) is 0.0298. The van der Waals surface area contributed by atoms with Crippen LogP contribution in [0.5, 0.6) is 17.2 Å². The number of likely N-dealkylation sites (tertiary alicyclic amines) is 1. The van der Waals surface area contributed by atoms with Gasteiger partial charge in [-0.1, -0.05) is 53.5 Å². The summed E-state index contributed by atoms with van der Waals surface area (Å²) >= 11 is 12.4. The van der Waals surface area contributed by atoms with E-state index in [-0.39, 0.29) is 11.9 Å². The van der Waals surface area contributed by atoms with Crippen LogP contribution in [0.1, 0.15) is 17.2 Å². The summed E-state index contributed by atoms with van der Waals surface area (Å²) in [4.78, 5) is 14.9. The largest absolute Gasteiger partial charge is 0.493 e. The maximum absolute atomic E-state index is 13.0. The number of nitrogens with zero attached hydrogens (tertiary/aromatic N) is 1. The number of hydrogen-bond acceptors (Lipinski definition) is 4. The standard InChI is InChI=1S/C25H23Cl2NO4/c1-30-21-11-8-16(14-22(21)31-2)12-13-28-23(17-9-10-19(26)20(27)15-17)24(25(28)29)32-18-6-4-3-5-7-18/h3-11,14-15,23-24H,12-13H2,1-2H3. The molecule has 0 aromatic heterocycles. The maximum atomic E-state index is 13.0. The van der Waals surface area contributed by atoms with E-state index in [1.807, 2.05) is 59.5 Å². The Morgan fingerprint density at radius 2 is 1.62 bits per heavy atom. The summed E-state index contributed by atoms with van der Waals surface area (Å²) in [5.74, 6) is 1.91. The van der Waals surface area contributed by atoms with Gasteiger partial charge in [0.2, 0.25) is 6.10 Å². The fourth-order valence-corrected chi connectivity index (χ4v) is 4.17. The molecule has 0 aliphatic carbocycles. The molecular weight excluding hydrogens is 449 g/mol. The third-order valence-electron chi connectivity index (χ3n) is 5.53. The number of ether oxygens (including phenoxy) is 3. The van der Waals surface area contributed by atoms with Crippen molar-refractivity contribution in [2.45, 2.75) is 18.6 Å². The van der Waals surface area contributed by atoms with Gasteiger partial charge in [-0.3, -0.25) is 4.79 Å². The second-order valence-electron chi connectivity index (χ2n) is 7.44. The second kappa shape index (κ2) is 9.72. The van der Waals surface area contributed by atoms with Crippen molar-refractivity contribution in [3.05, 3.63) is 87.9 Å². The predicted molar refractivity (Wildman–Crippen MR) is 125 cm³/mol. The molecule has 1 aliphatic heterocycles. The molecule has 1 fully saturated rings. The zero-order valence-electron chi connectivity index (χ0n) is 17.8. The fraction of sp³-hybridized carbons (Fsp3) is 0.240. The van der Waals surface area contributed by atoms with Gasteiger partial charge in [-0.25, -0.2) is 0 Å². The van der Waals surface area contributed by atoms with Crippen LogP contribution in [0.25, 0.3) is 0 Å². The lowest BCUT2D eigenvalue weighted by Crippen LogP contribution is -2.61. The first-order valence-electron chi connectivity index (χ1n) is 10.2. The number of benzene rings is 3. The molecule has 32 heavy (non-hydrogen) atoms. The number of rotatable bonds is 8. The lowest BCUT2D eigenvalue weighted by molar-refractivity contribution is -0.164. The van der Waals surface area contributed by atoms with E-state index < -0.39 is 6.10 Å². The van der Waals surface area contributed by atoms with E-state index in [1.165, 1.54) is 0 Å². The van der Waals surface area contributed by atoms with Crippen molar-refractivity contribution in [1.82, 2.24) is 4.90 Å². The first kappa shape index (κ1) is 22.3. The van der Waals surface area contributed by atoms with Gasteiger partial charge in [-0.15, -0.1) is 0 Å². The van der Waals surface area contributed by atoms with Gasteiger partial charge in [0, 0.05) is 6.54 Å². The zero-order chi connectivity index (χ0) is 22.7. The number of hydrogen-bond donors (Lipinski definition) is 0. The topological polar surface area (TPSA) is 48.0 Å². The number of methoxy groups -OCH3 is 2. The molecule has 2 atom stereocenters. The summed E-state index contributed by atoms with van der Waals surface area (Å²) in [6.45, 7) is 0.522. The average Bonchev–Trinajstić information content (AvgIpc) is 2.82. The molecule has 3 aromatic rings. The van der Waals surface area contributed by atoms with Crippen LogP contribution >= 0.6 is 23.2 Å². The predicted octanol–water partition coefficient (Wildman–Crippen LogP) is 5.58. The molecule has 7 heteroatoms. The van der Waals surface area contributed by atoms with Crippen molar-refractivity contribution in [2.24, 2.45) is 0 Å². The summed E-state index contributed by atoms with van der Waals surface area (Å²) in [6, 6.07) is 20.3. The van der Waals surface area contributed by atoms with Crippen LogP contribution in [0.2, 0.25) is 10.0 Å². The highest BCUT2D eigenvalue weighted by molar-refractivity contribution is 6.42. The number of β-lactam (4-membered cyclic amide) rings is 1. The van der Waals surface area contributed by atoms with Crippen LogP contribution in [0.3, 0.4) is 0 Å². The Labute approximate surface area is 197 Å². The first-order valence-corrected chi connectivity index (χ1v) is 11.0. The van der Waals surface area contributed by atoms with Crippen molar-refractivity contribution < 1.29 is 19.0 Å². The highest BCUT2D eigenvalue weighted by Crippen LogP contribution is 2.40. The van der Waals surface area contributed by atoms with E-state index in [4.69, 9.17) is 37.4 Å². The van der Waals surface area contributed by atoms with E-state index in [2.05, 4.69) is 0 Å². The number of carbonyl (C=O) groups is 1. The van der Waals surface area contributed by atoms with Gasteiger partial charge in [0.1, 0.15) is 11.8 Å². The van der Waals surface area contributed by atoms with Crippen molar-refractivity contribution in [2.75, 3.05) is 20.8 Å². The molecule has 2 unspecified atom stereocenters. The minimum Gasteiger partial charge on any atom is -0.493 e. The van der Waals surface area contributed by atoms with Crippen LogP contribution in [0.15, 0.2) is 66.7 Å². The average molecular weight is 472 g/mol. The van der Waals surface area contributed by atoms with Gasteiger partial charge in [0.25, 0.3) is 5.91 Å². The van der Waals surface area contributed by atoms with Crippen molar-refractivity contribution in [1.29, 1.82) is 0 Å². The second-order valence-corrected chi connectivity index (χ2v) is 8.26. The van der Waals surface area contributed by atoms with Gasteiger partial charge >= 0.3 is 0 Å². The Balaban J connectivity index is 1.56. The third kappa shape index (κ3) is 4.50. The van der Waals surface area contributed by atoms with Crippen molar-refractivity contribution in [3.8, 4) is 17.2 Å². The van der Waals surface area contributed by atoms with Crippen molar-refractivity contribution in [3.63, 3.8) is 0 Å². The number of para-hydroxylation sites is 1. The van der Waals surface area contributed by atoms with Gasteiger partial charge < -0.3 is 19.1 Å². The molecule has 166 valence electrons. The van der Waals surface area contributed by atoms with E-state index in [0.29, 0.717) is 40.3 Å². The molecule has 3 aromatic carbocycles. The van der Waals surface area contributed by atoms with E-state index in [1.54, 1.807) is 26.4 Å². The van der Waals surface area contributed by atoms with Gasteiger partial charge in [-0.05, 0) is 53.9 Å². The van der Waals surface area contributed by atoms with Gasteiger partial charge in [0.05, 0.1) is 24.3 Å². The molecule has 4 rings (SSSR count). The summed E-state index contributed by atoms with van der Waals surface area (Å²) in [5, 5.41) is 0.917. The van der Waals surface area contributed by atoms with E-state index in [0.717, 1.165) is 11.1 Å². The lowest BCUT2D eigenvalue weighted by atomic mass is 9.90.